The molecule has 5 heteroatoms. The number of ether oxygens (including phenoxy) is 2. The molecule has 0 aliphatic carbocycles. The van der Waals surface area contributed by atoms with Gasteiger partial charge in [-0.2, -0.15) is 0 Å². The molecule has 2 rings (SSSR count). The Hall–Kier alpha value is -1.36. The zero-order chi connectivity index (χ0) is 12.3. The number of alkyl halides is 2. The van der Waals surface area contributed by atoms with Crippen LogP contribution >= 0.6 is 0 Å². The van der Waals surface area contributed by atoms with E-state index in [1.165, 1.54) is 6.07 Å². The molecule has 1 aliphatic heterocycles. The molecule has 0 saturated carbocycles. The van der Waals surface area contributed by atoms with E-state index in [0.29, 0.717) is 0 Å². The van der Waals surface area contributed by atoms with Crippen LogP contribution in [-0.4, -0.2) is 19.9 Å². The molecule has 0 radical (unpaired) electrons. The quantitative estimate of drug-likeness (QED) is 0.806. The van der Waals surface area contributed by atoms with Crippen LogP contribution in [0.4, 0.5) is 8.78 Å². The first-order valence-corrected chi connectivity index (χ1v) is 5.64. The zero-order valence-corrected chi connectivity index (χ0v) is 9.63. The number of benzene rings is 1. The maximum Gasteiger partial charge on any atom is 0.586 e. The number of fused-ring (bicyclic) bond motifs is 1. The van der Waals surface area contributed by atoms with Crippen molar-refractivity contribution in [3.8, 4) is 11.5 Å². The second kappa shape index (κ2) is 4.87. The van der Waals surface area contributed by atoms with Crippen LogP contribution < -0.4 is 14.8 Å². The van der Waals surface area contributed by atoms with E-state index >= 15 is 0 Å². The summed E-state index contributed by atoms with van der Waals surface area (Å²) >= 11 is 0. The van der Waals surface area contributed by atoms with E-state index in [2.05, 4.69) is 14.8 Å². The monoisotopic (exact) mass is 243 g/mol. The Morgan fingerprint density at radius 3 is 2.71 bits per heavy atom. The normalized spacial score (nSPS) is 16.2. The summed E-state index contributed by atoms with van der Waals surface area (Å²) in [7, 11) is 1.91. The van der Waals surface area contributed by atoms with Crippen molar-refractivity contribution in [3.05, 3.63) is 23.8 Å². The van der Waals surface area contributed by atoms with Crippen molar-refractivity contribution in [1.29, 1.82) is 0 Å². The molecule has 0 aromatic heterocycles. The first-order valence-electron chi connectivity index (χ1n) is 5.64. The third kappa shape index (κ3) is 3.06. The van der Waals surface area contributed by atoms with Crippen LogP contribution in [0, 0.1) is 0 Å². The number of hydrogen-bond acceptors (Lipinski definition) is 3. The lowest BCUT2D eigenvalue weighted by Crippen LogP contribution is -2.25. The SMILES string of the molecule is CNCCCCc1ccc2c(c1)OC(F)(F)O2. The highest BCUT2D eigenvalue weighted by atomic mass is 19.3. The maximum absolute atomic E-state index is 12.8. The van der Waals surface area contributed by atoms with Crippen LogP contribution in [0.25, 0.3) is 0 Å². The Balaban J connectivity index is 1.94. The predicted octanol–water partition coefficient (Wildman–Crippen LogP) is 2.55. The summed E-state index contributed by atoms with van der Waals surface area (Å²) < 4.78 is 34.3. The molecule has 1 aromatic rings. The summed E-state index contributed by atoms with van der Waals surface area (Å²) in [6.07, 6.45) is -0.602. The third-order valence-corrected chi connectivity index (χ3v) is 2.61. The topological polar surface area (TPSA) is 30.5 Å². The van der Waals surface area contributed by atoms with Gasteiger partial charge in [0.1, 0.15) is 0 Å². The molecule has 3 nitrogen and oxygen atoms in total. The van der Waals surface area contributed by atoms with Gasteiger partial charge in [0, 0.05) is 0 Å². The van der Waals surface area contributed by atoms with Gasteiger partial charge < -0.3 is 14.8 Å². The molecule has 0 spiro atoms. The second-order valence-corrected chi connectivity index (χ2v) is 4.01. The van der Waals surface area contributed by atoms with Gasteiger partial charge in [0.25, 0.3) is 0 Å². The van der Waals surface area contributed by atoms with Crippen molar-refractivity contribution >= 4 is 0 Å². The minimum absolute atomic E-state index is 0.106. The molecule has 1 heterocycles. The molecule has 0 fully saturated rings. The lowest BCUT2D eigenvalue weighted by Gasteiger charge is -2.04. The molecular formula is C12H15F2NO2. The summed E-state index contributed by atoms with van der Waals surface area (Å²) in [4.78, 5) is 0. The second-order valence-electron chi connectivity index (χ2n) is 4.01. The van der Waals surface area contributed by atoms with E-state index in [-0.39, 0.29) is 11.5 Å². The van der Waals surface area contributed by atoms with Crippen LogP contribution in [0.1, 0.15) is 18.4 Å². The van der Waals surface area contributed by atoms with E-state index < -0.39 is 6.29 Å². The molecule has 1 N–H and O–H groups in total. The Kier molecular flexibility index (Phi) is 3.47. The predicted molar refractivity (Wildman–Crippen MR) is 59.5 cm³/mol. The smallest absolute Gasteiger partial charge is 0.395 e. The highest BCUT2D eigenvalue weighted by Crippen LogP contribution is 2.41. The van der Waals surface area contributed by atoms with E-state index in [1.807, 2.05) is 7.05 Å². The first kappa shape index (κ1) is 12.1. The molecule has 17 heavy (non-hydrogen) atoms. The van der Waals surface area contributed by atoms with E-state index in [0.717, 1.165) is 31.4 Å². The number of unbranched alkanes of at least 4 members (excludes halogenated alkanes) is 1. The van der Waals surface area contributed by atoms with E-state index in [4.69, 9.17) is 0 Å². The van der Waals surface area contributed by atoms with Gasteiger partial charge in [-0.3, -0.25) is 0 Å². The summed E-state index contributed by atoms with van der Waals surface area (Å²) in [5.41, 5.74) is 0.987. The lowest BCUT2D eigenvalue weighted by molar-refractivity contribution is -0.286. The van der Waals surface area contributed by atoms with Gasteiger partial charge >= 0.3 is 6.29 Å². The van der Waals surface area contributed by atoms with Gasteiger partial charge in [-0.15, -0.1) is 8.78 Å². The number of rotatable bonds is 5. The Morgan fingerprint density at radius 2 is 1.94 bits per heavy atom. The summed E-state index contributed by atoms with van der Waals surface area (Å²) in [6.45, 7) is 0.961. The first-order chi connectivity index (χ1) is 8.11. The van der Waals surface area contributed by atoms with E-state index in [1.54, 1.807) is 12.1 Å². The van der Waals surface area contributed by atoms with Crippen molar-refractivity contribution in [2.75, 3.05) is 13.6 Å². The Morgan fingerprint density at radius 1 is 1.18 bits per heavy atom. The molecule has 0 atom stereocenters. The third-order valence-electron chi connectivity index (χ3n) is 2.61. The molecular weight excluding hydrogens is 228 g/mol. The minimum Gasteiger partial charge on any atom is -0.395 e. The van der Waals surface area contributed by atoms with Crippen molar-refractivity contribution in [2.45, 2.75) is 25.6 Å². The number of hydrogen-bond donors (Lipinski definition) is 1. The number of halogens is 2. The van der Waals surface area contributed by atoms with Crippen molar-refractivity contribution < 1.29 is 18.3 Å². The van der Waals surface area contributed by atoms with Crippen LogP contribution in [0.3, 0.4) is 0 Å². The largest absolute Gasteiger partial charge is 0.586 e. The van der Waals surface area contributed by atoms with Crippen LogP contribution in [0.2, 0.25) is 0 Å². The highest BCUT2D eigenvalue weighted by molar-refractivity contribution is 5.45. The molecule has 1 aliphatic rings. The summed E-state index contributed by atoms with van der Waals surface area (Å²) in [6, 6.07) is 4.95. The van der Waals surface area contributed by atoms with Gasteiger partial charge in [0.15, 0.2) is 11.5 Å². The lowest BCUT2D eigenvalue weighted by atomic mass is 10.1. The average Bonchev–Trinajstić information content (AvgIpc) is 2.57. The summed E-state index contributed by atoms with van der Waals surface area (Å²) in [5.74, 6) is 0.232. The highest BCUT2D eigenvalue weighted by Gasteiger charge is 2.43. The van der Waals surface area contributed by atoms with Crippen molar-refractivity contribution in [3.63, 3.8) is 0 Å². The molecule has 1 aromatic carbocycles. The van der Waals surface area contributed by atoms with Crippen molar-refractivity contribution in [2.24, 2.45) is 0 Å². The van der Waals surface area contributed by atoms with Gasteiger partial charge in [-0.25, -0.2) is 0 Å². The van der Waals surface area contributed by atoms with Gasteiger partial charge in [-0.1, -0.05) is 6.07 Å². The van der Waals surface area contributed by atoms with Crippen LogP contribution in [-0.2, 0) is 6.42 Å². The number of aryl methyl sites for hydroxylation is 1. The average molecular weight is 243 g/mol. The molecule has 0 saturated heterocycles. The Labute approximate surface area is 98.7 Å². The van der Waals surface area contributed by atoms with Crippen LogP contribution in [0.5, 0.6) is 11.5 Å². The van der Waals surface area contributed by atoms with Crippen LogP contribution in [0.15, 0.2) is 18.2 Å². The standard InChI is InChI=1S/C12H15F2NO2/c1-15-7-3-2-4-9-5-6-10-11(8-9)17-12(13,14)16-10/h5-6,8,15H,2-4,7H2,1H3. The van der Waals surface area contributed by atoms with E-state index in [9.17, 15) is 8.78 Å². The number of nitrogens with one attached hydrogen (secondary N) is 1. The fourth-order valence-electron chi connectivity index (χ4n) is 1.78. The summed E-state index contributed by atoms with van der Waals surface area (Å²) in [5, 5.41) is 3.06. The Bertz CT molecular complexity index is 396. The fraction of sp³-hybridized carbons (Fsp3) is 0.500. The van der Waals surface area contributed by atoms with Gasteiger partial charge in [0.2, 0.25) is 0 Å². The molecule has 0 bridgehead atoms. The van der Waals surface area contributed by atoms with Crippen molar-refractivity contribution in [1.82, 2.24) is 5.32 Å². The molecule has 94 valence electrons. The zero-order valence-electron chi connectivity index (χ0n) is 9.63. The molecule has 0 unspecified atom stereocenters. The minimum atomic E-state index is -3.52. The maximum atomic E-state index is 12.8. The molecule has 0 amide bonds. The fourth-order valence-corrected chi connectivity index (χ4v) is 1.78. The van der Waals surface area contributed by atoms with Gasteiger partial charge in [-0.05, 0) is 50.6 Å². The van der Waals surface area contributed by atoms with Gasteiger partial charge in [0.05, 0.1) is 0 Å².